The molecule has 3 N–H and O–H groups in total. The third kappa shape index (κ3) is 2.52. The van der Waals surface area contributed by atoms with Crippen LogP contribution in [0.4, 0.5) is 0 Å². The van der Waals surface area contributed by atoms with Crippen molar-refractivity contribution in [2.75, 3.05) is 0 Å². The van der Waals surface area contributed by atoms with Gasteiger partial charge in [-0.3, -0.25) is 15.0 Å². The number of aromatic nitrogens is 5. The molecular formula is C14H16N6OS. The summed E-state index contributed by atoms with van der Waals surface area (Å²) in [6.07, 6.45) is 0. The zero-order valence-corrected chi connectivity index (χ0v) is 13.1. The molecule has 7 nitrogen and oxygen atoms in total. The molecule has 114 valence electrons. The second-order valence-electron chi connectivity index (χ2n) is 5.21. The molecule has 3 aromatic rings. The Morgan fingerprint density at radius 3 is 2.86 bits per heavy atom. The minimum Gasteiger partial charge on any atom is -0.343 e. The van der Waals surface area contributed by atoms with Crippen LogP contribution < -0.4 is 5.32 Å². The van der Waals surface area contributed by atoms with Gasteiger partial charge in [0.1, 0.15) is 0 Å². The van der Waals surface area contributed by atoms with Crippen molar-refractivity contribution >= 4 is 29.0 Å². The summed E-state index contributed by atoms with van der Waals surface area (Å²) in [6, 6.07) is 7.67. The van der Waals surface area contributed by atoms with E-state index in [4.69, 9.17) is 12.2 Å². The fourth-order valence-corrected chi connectivity index (χ4v) is 2.74. The van der Waals surface area contributed by atoms with E-state index in [1.54, 1.807) is 0 Å². The lowest BCUT2D eigenvalue weighted by atomic mass is 10.2. The Kier molecular flexibility index (Phi) is 3.76. The van der Waals surface area contributed by atoms with Gasteiger partial charge in [-0.05, 0) is 32.1 Å². The molecule has 1 amide bonds. The summed E-state index contributed by atoms with van der Waals surface area (Å²) in [5, 5.41) is 17.5. The molecular weight excluding hydrogens is 300 g/mol. The first kappa shape index (κ1) is 14.5. The molecule has 0 aliphatic rings. The number of benzene rings is 1. The average Bonchev–Trinajstić information content (AvgIpc) is 3.08. The smallest absolute Gasteiger partial charge is 0.272 e. The standard InChI is InChI=1S/C14H16N6OS/c1-8(2)20-11(17-19-14(20)22)7-15-13(21)12-9-5-3-4-6-10(9)16-18-12/h3-6,8H,7H2,1-2H3,(H,15,21)(H,16,18)(H,19,22). The number of nitrogens with one attached hydrogen (secondary N) is 3. The Labute approximate surface area is 131 Å². The van der Waals surface area contributed by atoms with Crippen LogP contribution in [0.15, 0.2) is 24.3 Å². The molecule has 0 aliphatic heterocycles. The van der Waals surface area contributed by atoms with Crippen molar-refractivity contribution in [3.8, 4) is 0 Å². The maximum absolute atomic E-state index is 12.3. The zero-order chi connectivity index (χ0) is 15.7. The van der Waals surface area contributed by atoms with Crippen LogP contribution in [-0.4, -0.2) is 30.9 Å². The third-order valence-electron chi connectivity index (χ3n) is 3.39. The number of carbonyl (C=O) groups is 1. The van der Waals surface area contributed by atoms with E-state index in [2.05, 4.69) is 25.7 Å². The molecule has 0 atom stereocenters. The Hall–Kier alpha value is -2.48. The van der Waals surface area contributed by atoms with E-state index in [0.717, 1.165) is 10.9 Å². The van der Waals surface area contributed by atoms with Gasteiger partial charge >= 0.3 is 0 Å². The van der Waals surface area contributed by atoms with Crippen LogP contribution in [0.1, 0.15) is 36.2 Å². The topological polar surface area (TPSA) is 91.4 Å². The van der Waals surface area contributed by atoms with Crippen LogP contribution in [0.3, 0.4) is 0 Å². The van der Waals surface area contributed by atoms with E-state index in [-0.39, 0.29) is 18.5 Å². The highest BCUT2D eigenvalue weighted by molar-refractivity contribution is 7.71. The van der Waals surface area contributed by atoms with Crippen LogP contribution in [-0.2, 0) is 6.54 Å². The number of rotatable bonds is 4. The first-order chi connectivity index (χ1) is 10.6. The quantitative estimate of drug-likeness (QED) is 0.644. The molecule has 0 radical (unpaired) electrons. The summed E-state index contributed by atoms with van der Waals surface area (Å²) < 4.78 is 2.42. The lowest BCUT2D eigenvalue weighted by molar-refractivity contribution is 0.0946. The first-order valence-corrected chi connectivity index (χ1v) is 7.36. The number of para-hydroxylation sites is 1. The zero-order valence-electron chi connectivity index (χ0n) is 12.3. The van der Waals surface area contributed by atoms with Crippen molar-refractivity contribution in [1.82, 2.24) is 30.3 Å². The van der Waals surface area contributed by atoms with Crippen LogP contribution >= 0.6 is 12.2 Å². The maximum atomic E-state index is 12.3. The van der Waals surface area contributed by atoms with Crippen LogP contribution in [0.2, 0.25) is 0 Å². The highest BCUT2D eigenvalue weighted by Gasteiger charge is 2.15. The van der Waals surface area contributed by atoms with Gasteiger partial charge in [-0.15, -0.1) is 0 Å². The molecule has 0 unspecified atom stereocenters. The van der Waals surface area contributed by atoms with Gasteiger partial charge < -0.3 is 9.88 Å². The van der Waals surface area contributed by atoms with Gasteiger partial charge in [0.2, 0.25) is 0 Å². The number of nitrogens with zero attached hydrogens (tertiary/aromatic N) is 3. The predicted molar refractivity (Wildman–Crippen MR) is 85.1 cm³/mol. The van der Waals surface area contributed by atoms with Crippen LogP contribution in [0.5, 0.6) is 0 Å². The van der Waals surface area contributed by atoms with Crippen molar-refractivity contribution in [1.29, 1.82) is 0 Å². The van der Waals surface area contributed by atoms with Crippen molar-refractivity contribution in [2.24, 2.45) is 0 Å². The largest absolute Gasteiger partial charge is 0.343 e. The minimum atomic E-state index is -0.248. The van der Waals surface area contributed by atoms with Gasteiger partial charge in [0, 0.05) is 11.4 Å². The third-order valence-corrected chi connectivity index (χ3v) is 3.67. The maximum Gasteiger partial charge on any atom is 0.272 e. The number of amides is 1. The van der Waals surface area contributed by atoms with Crippen LogP contribution in [0.25, 0.3) is 10.9 Å². The van der Waals surface area contributed by atoms with Gasteiger partial charge in [0.25, 0.3) is 5.91 Å². The summed E-state index contributed by atoms with van der Waals surface area (Å²) in [5.74, 6) is 0.440. The molecule has 0 spiro atoms. The van der Waals surface area contributed by atoms with E-state index in [1.807, 2.05) is 42.7 Å². The highest BCUT2D eigenvalue weighted by Crippen LogP contribution is 2.15. The summed E-state index contributed by atoms with van der Waals surface area (Å²) in [7, 11) is 0. The van der Waals surface area contributed by atoms with Gasteiger partial charge in [-0.2, -0.15) is 10.2 Å². The van der Waals surface area contributed by atoms with Crippen molar-refractivity contribution in [3.05, 3.63) is 40.6 Å². The summed E-state index contributed by atoms with van der Waals surface area (Å²) in [5.41, 5.74) is 1.21. The molecule has 0 saturated carbocycles. The number of hydrogen-bond acceptors (Lipinski definition) is 4. The number of hydrogen-bond donors (Lipinski definition) is 3. The fourth-order valence-electron chi connectivity index (χ4n) is 2.37. The monoisotopic (exact) mass is 316 g/mol. The Morgan fingerprint density at radius 1 is 1.32 bits per heavy atom. The molecule has 22 heavy (non-hydrogen) atoms. The van der Waals surface area contributed by atoms with E-state index in [0.29, 0.717) is 16.3 Å². The SMILES string of the molecule is CC(C)n1c(CNC(=O)c2n[nH]c3ccccc23)n[nH]c1=S. The lowest BCUT2D eigenvalue weighted by Crippen LogP contribution is -2.25. The summed E-state index contributed by atoms with van der Waals surface area (Å²) in [6.45, 7) is 4.31. The summed E-state index contributed by atoms with van der Waals surface area (Å²) >= 11 is 5.19. The van der Waals surface area contributed by atoms with Crippen LogP contribution in [0, 0.1) is 4.77 Å². The average molecular weight is 316 g/mol. The number of carbonyl (C=O) groups excluding carboxylic acids is 1. The minimum absolute atomic E-state index is 0.171. The molecule has 0 aliphatic carbocycles. The molecule has 3 rings (SSSR count). The Morgan fingerprint density at radius 2 is 2.09 bits per heavy atom. The second-order valence-corrected chi connectivity index (χ2v) is 5.60. The van der Waals surface area contributed by atoms with E-state index in [1.165, 1.54) is 0 Å². The van der Waals surface area contributed by atoms with Crippen molar-refractivity contribution in [2.45, 2.75) is 26.4 Å². The Balaban J connectivity index is 1.80. The second kappa shape index (κ2) is 5.72. The van der Waals surface area contributed by atoms with Crippen molar-refractivity contribution < 1.29 is 4.79 Å². The van der Waals surface area contributed by atoms with Gasteiger partial charge in [-0.1, -0.05) is 18.2 Å². The fraction of sp³-hybridized carbons (Fsp3) is 0.286. The summed E-state index contributed by atoms with van der Waals surface area (Å²) in [4.78, 5) is 12.3. The Bertz CT molecular complexity index is 875. The molecule has 8 heteroatoms. The van der Waals surface area contributed by atoms with E-state index >= 15 is 0 Å². The molecule has 0 saturated heterocycles. The number of fused-ring (bicyclic) bond motifs is 1. The first-order valence-electron chi connectivity index (χ1n) is 6.95. The van der Waals surface area contributed by atoms with Gasteiger partial charge in [-0.25, -0.2) is 0 Å². The van der Waals surface area contributed by atoms with E-state index in [9.17, 15) is 4.79 Å². The number of aromatic amines is 2. The number of H-pyrrole nitrogens is 2. The molecule has 0 fully saturated rings. The van der Waals surface area contributed by atoms with E-state index < -0.39 is 0 Å². The lowest BCUT2D eigenvalue weighted by Gasteiger charge is -2.10. The normalized spacial score (nSPS) is 11.2. The molecule has 0 bridgehead atoms. The molecule has 1 aromatic carbocycles. The molecule has 2 heterocycles. The highest BCUT2D eigenvalue weighted by atomic mass is 32.1. The molecule has 2 aromatic heterocycles. The van der Waals surface area contributed by atoms with Gasteiger partial charge in [0.15, 0.2) is 16.3 Å². The van der Waals surface area contributed by atoms with Crippen molar-refractivity contribution in [3.63, 3.8) is 0 Å². The predicted octanol–water partition coefficient (Wildman–Crippen LogP) is 2.33. The van der Waals surface area contributed by atoms with Gasteiger partial charge in [0.05, 0.1) is 12.1 Å².